The van der Waals surface area contributed by atoms with Gasteiger partial charge >= 0.3 is 0 Å². The van der Waals surface area contributed by atoms with E-state index in [1.54, 1.807) is 0 Å². The normalized spacial score (nSPS) is 15.4. The fourth-order valence-corrected chi connectivity index (χ4v) is 4.88. The number of aryl methyl sites for hydroxylation is 1. The highest BCUT2D eigenvalue weighted by molar-refractivity contribution is 5.93. The van der Waals surface area contributed by atoms with Crippen molar-refractivity contribution in [3.05, 3.63) is 87.5 Å². The molecule has 0 N–H and O–H groups in total. The molecule has 0 saturated heterocycles. The maximum absolute atomic E-state index is 2.58. The lowest BCUT2D eigenvalue weighted by Gasteiger charge is -2.44. The van der Waals surface area contributed by atoms with Crippen LogP contribution in [0.2, 0.25) is 0 Å². The Morgan fingerprint density at radius 3 is 1.48 bits per heavy atom. The predicted octanol–water partition coefficient (Wildman–Crippen LogP) is 5.18. The molecule has 110 valence electrons. The summed E-state index contributed by atoms with van der Waals surface area (Å²) in [7, 11) is 0. The van der Waals surface area contributed by atoms with Crippen molar-refractivity contribution in [2.45, 2.75) is 26.2 Å². The molecule has 3 aromatic rings. The van der Waals surface area contributed by atoms with Crippen molar-refractivity contribution >= 4 is 17.1 Å². The first-order valence-corrected chi connectivity index (χ1v) is 8.43. The lowest BCUT2D eigenvalue weighted by molar-refractivity contribution is 0.953. The molecule has 3 aromatic carbocycles. The third kappa shape index (κ3) is 1.38. The Morgan fingerprint density at radius 1 is 0.609 bits per heavy atom. The van der Waals surface area contributed by atoms with Gasteiger partial charge in [-0.05, 0) is 40.3 Å². The molecule has 6 rings (SSSR count). The topological polar surface area (TPSA) is 3.24 Å². The molecule has 0 atom stereocenters. The molecular formula is C22H17N. The van der Waals surface area contributed by atoms with Gasteiger partial charge in [0.15, 0.2) is 0 Å². The minimum atomic E-state index is 1.07. The standard InChI is InChI=1S/C22H17N/c1-13-8-18-11-16-6-2-4-14-10-15-5-3-7-17-12-19(9-13)22(18)23(20(14)16)21(15)17/h2-9H,10-12H2,1H3. The smallest absolute Gasteiger partial charge is 0.0533 e. The third-order valence-corrected chi connectivity index (χ3v) is 5.63. The number of hydrogen-bond acceptors (Lipinski definition) is 1. The highest BCUT2D eigenvalue weighted by atomic mass is 15.2. The molecular weight excluding hydrogens is 278 g/mol. The molecule has 0 spiro atoms. The van der Waals surface area contributed by atoms with Gasteiger partial charge in [0.05, 0.1) is 17.1 Å². The van der Waals surface area contributed by atoms with E-state index >= 15 is 0 Å². The molecule has 0 amide bonds. The van der Waals surface area contributed by atoms with Gasteiger partial charge in [-0.2, -0.15) is 0 Å². The summed E-state index contributed by atoms with van der Waals surface area (Å²) in [5.41, 5.74) is 14.7. The fraction of sp³-hybridized carbons (Fsp3) is 0.182. The van der Waals surface area contributed by atoms with Crippen molar-refractivity contribution in [1.82, 2.24) is 0 Å². The van der Waals surface area contributed by atoms with E-state index in [0.717, 1.165) is 19.3 Å². The minimum absolute atomic E-state index is 1.07. The first-order chi connectivity index (χ1) is 11.3. The van der Waals surface area contributed by atoms with Crippen LogP contribution < -0.4 is 4.90 Å². The minimum Gasteiger partial charge on any atom is -0.309 e. The van der Waals surface area contributed by atoms with Crippen molar-refractivity contribution in [2.75, 3.05) is 4.90 Å². The summed E-state index contributed by atoms with van der Waals surface area (Å²) in [6.07, 6.45) is 3.21. The maximum atomic E-state index is 2.58. The average molecular weight is 295 g/mol. The second-order valence-corrected chi connectivity index (χ2v) is 7.15. The summed E-state index contributed by atoms with van der Waals surface area (Å²) in [6.45, 7) is 2.23. The molecule has 0 radical (unpaired) electrons. The number of rotatable bonds is 0. The molecule has 0 bridgehead atoms. The van der Waals surface area contributed by atoms with Crippen molar-refractivity contribution < 1.29 is 0 Å². The first-order valence-electron chi connectivity index (χ1n) is 8.43. The van der Waals surface area contributed by atoms with Crippen LogP contribution in [-0.2, 0) is 19.3 Å². The number of benzene rings is 3. The maximum Gasteiger partial charge on any atom is 0.0533 e. The van der Waals surface area contributed by atoms with Crippen LogP contribution in [0.15, 0.2) is 48.5 Å². The van der Waals surface area contributed by atoms with Crippen LogP contribution in [0.1, 0.15) is 38.9 Å². The Balaban J connectivity index is 1.79. The molecule has 23 heavy (non-hydrogen) atoms. The number of para-hydroxylation sites is 2. The molecule has 1 nitrogen and oxygen atoms in total. The largest absolute Gasteiger partial charge is 0.309 e. The quantitative estimate of drug-likeness (QED) is 0.373. The molecule has 3 aliphatic rings. The summed E-state index contributed by atoms with van der Waals surface area (Å²) >= 11 is 0. The number of nitrogens with zero attached hydrogens (tertiary/aromatic N) is 1. The first kappa shape index (κ1) is 12.0. The van der Waals surface area contributed by atoms with Crippen LogP contribution in [0.3, 0.4) is 0 Å². The lowest BCUT2D eigenvalue weighted by Crippen LogP contribution is -2.29. The molecule has 1 heteroatoms. The second-order valence-electron chi connectivity index (χ2n) is 7.15. The van der Waals surface area contributed by atoms with E-state index in [9.17, 15) is 0 Å². The van der Waals surface area contributed by atoms with Crippen LogP contribution in [0, 0.1) is 6.92 Å². The molecule has 0 unspecified atom stereocenters. The number of hydrogen-bond donors (Lipinski definition) is 0. The van der Waals surface area contributed by atoms with E-state index in [1.807, 2.05) is 0 Å². The van der Waals surface area contributed by atoms with Gasteiger partial charge in [0, 0.05) is 19.3 Å². The van der Waals surface area contributed by atoms with E-state index in [2.05, 4.69) is 60.4 Å². The Bertz CT molecular complexity index is 936. The fourth-order valence-electron chi connectivity index (χ4n) is 4.88. The Morgan fingerprint density at radius 2 is 1.00 bits per heavy atom. The van der Waals surface area contributed by atoms with Crippen LogP contribution >= 0.6 is 0 Å². The molecule has 0 aromatic heterocycles. The third-order valence-electron chi connectivity index (χ3n) is 5.63. The summed E-state index contributed by atoms with van der Waals surface area (Å²) in [5, 5.41) is 0. The zero-order chi connectivity index (χ0) is 15.1. The van der Waals surface area contributed by atoms with E-state index in [4.69, 9.17) is 0 Å². The van der Waals surface area contributed by atoms with E-state index in [0.29, 0.717) is 0 Å². The lowest BCUT2D eigenvalue weighted by atomic mass is 9.80. The van der Waals surface area contributed by atoms with Crippen LogP contribution in [0.5, 0.6) is 0 Å². The average Bonchev–Trinajstić information content (AvgIpc) is 2.54. The molecule has 3 aliphatic heterocycles. The van der Waals surface area contributed by atoms with Crippen LogP contribution in [0.25, 0.3) is 0 Å². The van der Waals surface area contributed by atoms with Gasteiger partial charge in [0.1, 0.15) is 0 Å². The van der Waals surface area contributed by atoms with Gasteiger partial charge in [-0.25, -0.2) is 0 Å². The van der Waals surface area contributed by atoms with E-state index in [1.165, 1.54) is 56.0 Å². The van der Waals surface area contributed by atoms with Gasteiger partial charge in [-0.3, -0.25) is 0 Å². The highest BCUT2D eigenvalue weighted by Gasteiger charge is 2.36. The van der Waals surface area contributed by atoms with Gasteiger partial charge in [0.2, 0.25) is 0 Å². The zero-order valence-electron chi connectivity index (χ0n) is 13.2. The Hall–Kier alpha value is -2.54. The van der Waals surface area contributed by atoms with Gasteiger partial charge < -0.3 is 4.90 Å². The summed E-state index contributed by atoms with van der Waals surface area (Å²) in [5.74, 6) is 0. The van der Waals surface area contributed by atoms with Crippen LogP contribution in [0.4, 0.5) is 17.1 Å². The van der Waals surface area contributed by atoms with Crippen molar-refractivity contribution in [3.8, 4) is 0 Å². The van der Waals surface area contributed by atoms with Crippen molar-refractivity contribution in [2.24, 2.45) is 0 Å². The van der Waals surface area contributed by atoms with Gasteiger partial charge in [-0.15, -0.1) is 0 Å². The van der Waals surface area contributed by atoms with E-state index in [-0.39, 0.29) is 0 Å². The van der Waals surface area contributed by atoms with E-state index < -0.39 is 0 Å². The molecule has 0 fully saturated rings. The predicted molar refractivity (Wildman–Crippen MR) is 94.3 cm³/mol. The van der Waals surface area contributed by atoms with Crippen molar-refractivity contribution in [1.29, 1.82) is 0 Å². The van der Waals surface area contributed by atoms with Gasteiger partial charge in [-0.1, -0.05) is 54.1 Å². The summed E-state index contributed by atoms with van der Waals surface area (Å²) in [4.78, 5) is 2.58. The second kappa shape index (κ2) is 3.86. The highest BCUT2D eigenvalue weighted by Crippen LogP contribution is 2.55. The monoisotopic (exact) mass is 295 g/mol. The van der Waals surface area contributed by atoms with Crippen molar-refractivity contribution in [3.63, 3.8) is 0 Å². The Labute approximate surface area is 136 Å². The number of anilines is 3. The molecule has 0 saturated carbocycles. The molecule has 3 heterocycles. The Kier molecular flexibility index (Phi) is 2.00. The summed E-state index contributed by atoms with van der Waals surface area (Å²) in [6, 6.07) is 18.5. The SMILES string of the molecule is Cc1cc2c3c(c1)Cc1cccc4c1N3c1c(cccc1C2)C4. The van der Waals surface area contributed by atoms with Crippen LogP contribution in [-0.4, -0.2) is 0 Å². The molecule has 0 aliphatic carbocycles. The summed E-state index contributed by atoms with van der Waals surface area (Å²) < 4.78 is 0. The van der Waals surface area contributed by atoms with Gasteiger partial charge in [0.25, 0.3) is 0 Å². The zero-order valence-corrected chi connectivity index (χ0v) is 13.2.